The van der Waals surface area contributed by atoms with Crippen LogP contribution in [0.4, 0.5) is 0 Å². The zero-order chi connectivity index (χ0) is 14.1. The molecule has 0 N–H and O–H groups in total. The van der Waals surface area contributed by atoms with Gasteiger partial charge in [0.25, 0.3) is 0 Å². The highest BCUT2D eigenvalue weighted by Gasteiger charge is 2.28. The van der Waals surface area contributed by atoms with E-state index in [0.29, 0.717) is 28.2 Å². The van der Waals surface area contributed by atoms with Gasteiger partial charge in [-0.1, -0.05) is 41.4 Å². The summed E-state index contributed by atoms with van der Waals surface area (Å²) < 4.78 is 11.8. The lowest BCUT2D eigenvalue weighted by molar-refractivity contribution is 0.0962. The highest BCUT2D eigenvalue weighted by atomic mass is 35.5. The lowest BCUT2D eigenvalue weighted by atomic mass is 9.97. The molecule has 1 heterocycles. The SMILES string of the molecule is C=CCOC1c2ccc(Cl)cc2Oc2cc(Cl)ccc21. The Morgan fingerprint density at radius 1 is 1.05 bits per heavy atom. The number of rotatable bonds is 3. The summed E-state index contributed by atoms with van der Waals surface area (Å²) in [5.74, 6) is 1.39. The molecule has 2 nitrogen and oxygen atoms in total. The molecular weight excluding hydrogens is 295 g/mol. The predicted molar refractivity (Wildman–Crippen MR) is 81.0 cm³/mol. The number of benzene rings is 2. The Bertz CT molecular complexity index is 616. The van der Waals surface area contributed by atoms with Crippen molar-refractivity contribution in [1.82, 2.24) is 0 Å². The topological polar surface area (TPSA) is 18.5 Å². The van der Waals surface area contributed by atoms with Crippen molar-refractivity contribution in [3.8, 4) is 11.5 Å². The monoisotopic (exact) mass is 306 g/mol. The van der Waals surface area contributed by atoms with Crippen LogP contribution in [-0.2, 0) is 4.74 Å². The molecule has 0 radical (unpaired) electrons. The third-order valence-electron chi connectivity index (χ3n) is 3.12. The Morgan fingerprint density at radius 3 is 2.10 bits per heavy atom. The van der Waals surface area contributed by atoms with E-state index in [9.17, 15) is 0 Å². The van der Waals surface area contributed by atoms with Gasteiger partial charge in [0.15, 0.2) is 0 Å². The maximum absolute atomic E-state index is 6.02. The van der Waals surface area contributed by atoms with Crippen LogP contribution in [-0.4, -0.2) is 6.61 Å². The van der Waals surface area contributed by atoms with Gasteiger partial charge in [0.1, 0.15) is 17.6 Å². The summed E-state index contributed by atoms with van der Waals surface area (Å²) in [6.45, 7) is 4.14. The molecule has 20 heavy (non-hydrogen) atoms. The first-order chi connectivity index (χ1) is 9.69. The highest BCUT2D eigenvalue weighted by molar-refractivity contribution is 6.31. The van der Waals surface area contributed by atoms with E-state index in [1.54, 1.807) is 18.2 Å². The molecule has 0 saturated carbocycles. The van der Waals surface area contributed by atoms with Crippen LogP contribution >= 0.6 is 23.2 Å². The maximum Gasteiger partial charge on any atom is 0.135 e. The maximum atomic E-state index is 6.02. The number of halogens is 2. The van der Waals surface area contributed by atoms with Crippen LogP contribution < -0.4 is 4.74 Å². The second kappa shape index (κ2) is 5.49. The summed E-state index contributed by atoms with van der Waals surface area (Å²) in [5.41, 5.74) is 1.90. The zero-order valence-corrected chi connectivity index (χ0v) is 12.1. The first-order valence-electron chi connectivity index (χ1n) is 6.18. The van der Waals surface area contributed by atoms with Crippen molar-refractivity contribution in [1.29, 1.82) is 0 Å². The van der Waals surface area contributed by atoms with Gasteiger partial charge in [-0.25, -0.2) is 0 Å². The van der Waals surface area contributed by atoms with Gasteiger partial charge in [-0.2, -0.15) is 0 Å². The first kappa shape index (κ1) is 13.5. The van der Waals surface area contributed by atoms with E-state index in [0.717, 1.165) is 11.1 Å². The summed E-state index contributed by atoms with van der Waals surface area (Å²) in [7, 11) is 0. The molecule has 0 atom stereocenters. The van der Waals surface area contributed by atoms with Crippen LogP contribution in [0.1, 0.15) is 17.2 Å². The van der Waals surface area contributed by atoms with Gasteiger partial charge >= 0.3 is 0 Å². The number of fused-ring (bicyclic) bond motifs is 2. The smallest absolute Gasteiger partial charge is 0.135 e. The van der Waals surface area contributed by atoms with Gasteiger partial charge in [0.2, 0.25) is 0 Å². The molecular formula is C16H12Cl2O2. The number of hydrogen-bond acceptors (Lipinski definition) is 2. The number of hydrogen-bond donors (Lipinski definition) is 0. The van der Waals surface area contributed by atoms with Gasteiger partial charge in [-0.05, 0) is 24.3 Å². The fraction of sp³-hybridized carbons (Fsp3) is 0.125. The summed E-state index contributed by atoms with van der Waals surface area (Å²) in [5, 5.41) is 1.24. The van der Waals surface area contributed by atoms with E-state index in [2.05, 4.69) is 6.58 Å². The lowest BCUT2D eigenvalue weighted by Crippen LogP contribution is -2.13. The summed E-state index contributed by atoms with van der Waals surface area (Å²) >= 11 is 12.0. The van der Waals surface area contributed by atoms with E-state index in [-0.39, 0.29) is 6.10 Å². The van der Waals surface area contributed by atoms with Gasteiger partial charge < -0.3 is 9.47 Å². The molecule has 1 aliphatic rings. The third kappa shape index (κ3) is 2.42. The molecule has 0 unspecified atom stereocenters. The molecule has 0 bridgehead atoms. The predicted octanol–water partition coefficient (Wildman–Crippen LogP) is 5.39. The van der Waals surface area contributed by atoms with E-state index >= 15 is 0 Å². The Kier molecular flexibility index (Phi) is 3.70. The Hall–Kier alpha value is -1.48. The first-order valence-corrected chi connectivity index (χ1v) is 6.94. The Morgan fingerprint density at radius 2 is 1.60 bits per heavy atom. The standard InChI is InChI=1S/C16H12Cl2O2/c1-2-7-19-16-12-5-3-10(17)8-14(12)20-15-9-11(18)4-6-13(15)16/h2-6,8-9,16H,1,7H2. The zero-order valence-electron chi connectivity index (χ0n) is 10.6. The highest BCUT2D eigenvalue weighted by Crippen LogP contribution is 2.46. The fourth-order valence-corrected chi connectivity index (χ4v) is 2.58. The average molecular weight is 307 g/mol. The minimum Gasteiger partial charge on any atom is -0.456 e. The lowest BCUT2D eigenvalue weighted by Gasteiger charge is -2.28. The van der Waals surface area contributed by atoms with Crippen molar-refractivity contribution >= 4 is 23.2 Å². The third-order valence-corrected chi connectivity index (χ3v) is 3.59. The van der Waals surface area contributed by atoms with Gasteiger partial charge in [0, 0.05) is 21.2 Å². The van der Waals surface area contributed by atoms with E-state index < -0.39 is 0 Å². The quantitative estimate of drug-likeness (QED) is 0.708. The molecule has 2 aromatic carbocycles. The van der Waals surface area contributed by atoms with E-state index in [4.69, 9.17) is 32.7 Å². The van der Waals surface area contributed by atoms with E-state index in [1.165, 1.54) is 0 Å². The van der Waals surface area contributed by atoms with Crippen LogP contribution in [0.15, 0.2) is 49.1 Å². The molecule has 0 fully saturated rings. The van der Waals surface area contributed by atoms with Crippen molar-refractivity contribution in [3.63, 3.8) is 0 Å². The molecule has 0 aliphatic carbocycles. The summed E-state index contributed by atoms with van der Waals surface area (Å²) in [6.07, 6.45) is 1.52. The Labute approximate surface area is 127 Å². The summed E-state index contributed by atoms with van der Waals surface area (Å²) in [4.78, 5) is 0. The van der Waals surface area contributed by atoms with Crippen LogP contribution in [0, 0.1) is 0 Å². The van der Waals surface area contributed by atoms with Crippen LogP contribution in [0.25, 0.3) is 0 Å². The molecule has 0 spiro atoms. The molecule has 0 saturated heterocycles. The van der Waals surface area contributed by atoms with Crippen LogP contribution in [0.5, 0.6) is 11.5 Å². The fourth-order valence-electron chi connectivity index (χ4n) is 2.26. The van der Waals surface area contributed by atoms with Gasteiger partial charge in [-0.15, -0.1) is 6.58 Å². The molecule has 4 heteroatoms. The minimum atomic E-state index is -0.207. The second-order valence-electron chi connectivity index (χ2n) is 4.47. The molecule has 2 aromatic rings. The van der Waals surface area contributed by atoms with E-state index in [1.807, 2.05) is 24.3 Å². The molecule has 0 amide bonds. The molecule has 102 valence electrons. The van der Waals surface area contributed by atoms with Crippen molar-refractivity contribution in [2.75, 3.05) is 6.61 Å². The van der Waals surface area contributed by atoms with Crippen LogP contribution in [0.2, 0.25) is 10.0 Å². The minimum absolute atomic E-state index is 0.207. The van der Waals surface area contributed by atoms with Crippen LogP contribution in [0.3, 0.4) is 0 Å². The van der Waals surface area contributed by atoms with Crippen molar-refractivity contribution in [3.05, 3.63) is 70.2 Å². The second-order valence-corrected chi connectivity index (χ2v) is 5.34. The normalized spacial score (nSPS) is 13.3. The van der Waals surface area contributed by atoms with Crippen molar-refractivity contribution in [2.45, 2.75) is 6.10 Å². The Balaban J connectivity index is 2.11. The largest absolute Gasteiger partial charge is 0.456 e. The van der Waals surface area contributed by atoms with Crippen molar-refractivity contribution < 1.29 is 9.47 Å². The average Bonchev–Trinajstić information content (AvgIpc) is 2.43. The van der Waals surface area contributed by atoms with Gasteiger partial charge in [-0.3, -0.25) is 0 Å². The summed E-state index contributed by atoms with van der Waals surface area (Å²) in [6, 6.07) is 11.1. The molecule has 1 aliphatic heterocycles. The van der Waals surface area contributed by atoms with Gasteiger partial charge in [0.05, 0.1) is 6.61 Å². The molecule has 0 aromatic heterocycles. The number of ether oxygens (including phenoxy) is 2. The van der Waals surface area contributed by atoms with Crippen molar-refractivity contribution in [2.24, 2.45) is 0 Å². The molecule has 3 rings (SSSR count).